The van der Waals surface area contributed by atoms with Gasteiger partial charge in [0.15, 0.2) is 0 Å². The molecule has 1 saturated heterocycles. The maximum Gasteiger partial charge on any atom is 0.350 e. The van der Waals surface area contributed by atoms with E-state index in [4.69, 9.17) is 0 Å². The summed E-state index contributed by atoms with van der Waals surface area (Å²) in [5.41, 5.74) is 0.692. The van der Waals surface area contributed by atoms with Crippen molar-refractivity contribution in [1.29, 1.82) is 0 Å². The van der Waals surface area contributed by atoms with E-state index >= 15 is 0 Å². The second-order valence-corrected chi connectivity index (χ2v) is 7.11. The van der Waals surface area contributed by atoms with Gasteiger partial charge in [0.25, 0.3) is 0 Å². The molecule has 1 aliphatic rings. The van der Waals surface area contributed by atoms with Crippen molar-refractivity contribution in [3.63, 3.8) is 0 Å². The largest absolute Gasteiger partial charge is 0.350 e. The first kappa shape index (κ1) is 18.1. The Labute approximate surface area is 162 Å². The molecule has 1 aliphatic heterocycles. The number of carbonyl (C=O) groups is 1. The molecule has 0 bridgehead atoms. The molecule has 0 radical (unpaired) electrons. The van der Waals surface area contributed by atoms with E-state index in [1.807, 2.05) is 35.2 Å². The molecule has 2 aromatic heterocycles. The predicted octanol–water partition coefficient (Wildman–Crippen LogP) is 0.644. The SMILES string of the molecule is Cn1nc(CC2CCN(C(=O)Cn3cncn3)CC2)n(-c2ccccc2)c1=O. The Hall–Kier alpha value is -3.23. The fourth-order valence-corrected chi connectivity index (χ4v) is 3.68. The zero-order valence-electron chi connectivity index (χ0n) is 15.8. The van der Waals surface area contributed by atoms with Gasteiger partial charge in [0, 0.05) is 26.6 Å². The van der Waals surface area contributed by atoms with Crippen molar-refractivity contribution >= 4 is 5.91 Å². The number of rotatable bonds is 5. The van der Waals surface area contributed by atoms with Crippen molar-refractivity contribution in [1.82, 2.24) is 34.0 Å². The van der Waals surface area contributed by atoms with Crippen LogP contribution in [0.5, 0.6) is 0 Å². The highest BCUT2D eigenvalue weighted by molar-refractivity contribution is 5.75. The van der Waals surface area contributed by atoms with Crippen LogP contribution in [0.1, 0.15) is 18.7 Å². The number of likely N-dealkylation sites (tertiary alicyclic amines) is 1. The molecule has 146 valence electrons. The second-order valence-electron chi connectivity index (χ2n) is 7.11. The van der Waals surface area contributed by atoms with E-state index in [0.29, 0.717) is 19.0 Å². The number of carbonyl (C=O) groups excluding carboxylic acids is 1. The van der Waals surface area contributed by atoms with Gasteiger partial charge in [-0.05, 0) is 30.9 Å². The van der Waals surface area contributed by atoms with Crippen LogP contribution in [0, 0.1) is 5.92 Å². The zero-order chi connectivity index (χ0) is 19.5. The van der Waals surface area contributed by atoms with Crippen molar-refractivity contribution in [2.24, 2.45) is 13.0 Å². The lowest BCUT2D eigenvalue weighted by atomic mass is 9.93. The quantitative estimate of drug-likeness (QED) is 0.647. The van der Waals surface area contributed by atoms with Gasteiger partial charge in [-0.2, -0.15) is 10.2 Å². The monoisotopic (exact) mass is 381 g/mol. The molecule has 0 atom stereocenters. The molecule has 0 unspecified atom stereocenters. The van der Waals surface area contributed by atoms with Crippen LogP contribution < -0.4 is 5.69 Å². The Balaban J connectivity index is 1.41. The Morgan fingerprint density at radius 3 is 2.61 bits per heavy atom. The Morgan fingerprint density at radius 1 is 1.18 bits per heavy atom. The van der Waals surface area contributed by atoms with E-state index in [9.17, 15) is 9.59 Å². The summed E-state index contributed by atoms with van der Waals surface area (Å²) in [5, 5.41) is 8.44. The van der Waals surface area contributed by atoms with Crippen LogP contribution in [0.3, 0.4) is 0 Å². The summed E-state index contributed by atoms with van der Waals surface area (Å²) in [6.07, 6.45) is 5.48. The normalized spacial score (nSPS) is 15.1. The van der Waals surface area contributed by atoms with Crippen molar-refractivity contribution in [2.45, 2.75) is 25.8 Å². The van der Waals surface area contributed by atoms with Gasteiger partial charge in [-0.3, -0.25) is 4.79 Å². The molecule has 0 saturated carbocycles. The second kappa shape index (κ2) is 7.79. The van der Waals surface area contributed by atoms with Crippen LogP contribution in [-0.2, 0) is 24.8 Å². The minimum Gasteiger partial charge on any atom is -0.341 e. The number of hydrogen-bond acceptors (Lipinski definition) is 5. The molecule has 0 aliphatic carbocycles. The third-order valence-corrected chi connectivity index (χ3v) is 5.21. The van der Waals surface area contributed by atoms with E-state index < -0.39 is 0 Å². The molecule has 9 nitrogen and oxygen atoms in total. The van der Waals surface area contributed by atoms with Crippen LogP contribution in [0.4, 0.5) is 0 Å². The molecule has 1 amide bonds. The summed E-state index contributed by atoms with van der Waals surface area (Å²) in [7, 11) is 1.68. The van der Waals surface area contributed by atoms with Crippen molar-refractivity contribution < 1.29 is 4.79 Å². The first-order valence-corrected chi connectivity index (χ1v) is 9.42. The number of aromatic nitrogens is 6. The molecule has 4 rings (SSSR count). The standard InChI is InChI=1S/C19H23N7O2/c1-23-19(28)26(16-5-3-2-4-6-16)17(22-23)11-15-7-9-24(10-8-15)18(27)12-25-14-20-13-21-25/h2-6,13-15H,7-12H2,1H3. The fourth-order valence-electron chi connectivity index (χ4n) is 3.68. The molecular weight excluding hydrogens is 358 g/mol. The molecule has 28 heavy (non-hydrogen) atoms. The van der Waals surface area contributed by atoms with Crippen molar-refractivity contribution in [3.05, 3.63) is 59.3 Å². The Bertz CT molecular complexity index is 983. The average Bonchev–Trinajstić information content (AvgIpc) is 3.31. The molecule has 1 fully saturated rings. The van der Waals surface area contributed by atoms with Crippen LogP contribution in [0.2, 0.25) is 0 Å². The number of aryl methyl sites for hydroxylation is 1. The number of piperidine rings is 1. The lowest BCUT2D eigenvalue weighted by Crippen LogP contribution is -2.40. The van der Waals surface area contributed by atoms with Gasteiger partial charge in [0.05, 0.1) is 5.69 Å². The molecule has 1 aromatic carbocycles. The first-order chi connectivity index (χ1) is 13.6. The third-order valence-electron chi connectivity index (χ3n) is 5.21. The third kappa shape index (κ3) is 3.73. The lowest BCUT2D eigenvalue weighted by Gasteiger charge is -2.31. The van der Waals surface area contributed by atoms with E-state index in [-0.39, 0.29) is 18.1 Å². The summed E-state index contributed by atoms with van der Waals surface area (Å²) in [6, 6.07) is 9.59. The molecule has 3 heterocycles. The van der Waals surface area contributed by atoms with Gasteiger partial charge in [-0.1, -0.05) is 18.2 Å². The van der Waals surface area contributed by atoms with Gasteiger partial charge in [0.1, 0.15) is 25.0 Å². The molecular formula is C19H23N7O2. The van der Waals surface area contributed by atoms with Crippen molar-refractivity contribution in [3.8, 4) is 5.69 Å². The van der Waals surface area contributed by atoms with Crippen LogP contribution >= 0.6 is 0 Å². The highest BCUT2D eigenvalue weighted by Gasteiger charge is 2.25. The molecule has 9 heteroatoms. The number of hydrogen-bond donors (Lipinski definition) is 0. The number of nitrogens with zero attached hydrogens (tertiary/aromatic N) is 7. The van der Waals surface area contributed by atoms with E-state index in [1.54, 1.807) is 22.6 Å². The van der Waals surface area contributed by atoms with E-state index in [0.717, 1.165) is 30.8 Å². The zero-order valence-corrected chi connectivity index (χ0v) is 15.8. The van der Waals surface area contributed by atoms with Gasteiger partial charge in [-0.15, -0.1) is 0 Å². The summed E-state index contributed by atoms with van der Waals surface area (Å²) in [5.74, 6) is 1.22. The summed E-state index contributed by atoms with van der Waals surface area (Å²) >= 11 is 0. The minimum absolute atomic E-state index is 0.0583. The maximum atomic E-state index is 12.5. The van der Waals surface area contributed by atoms with Gasteiger partial charge >= 0.3 is 5.69 Å². The van der Waals surface area contributed by atoms with E-state index in [1.165, 1.54) is 11.0 Å². The van der Waals surface area contributed by atoms with Crippen molar-refractivity contribution in [2.75, 3.05) is 13.1 Å². The number of amides is 1. The number of benzene rings is 1. The van der Waals surface area contributed by atoms with Gasteiger partial charge in [-0.25, -0.2) is 23.7 Å². The Kier molecular flexibility index (Phi) is 5.05. The summed E-state index contributed by atoms with van der Waals surface area (Å²) < 4.78 is 4.61. The highest BCUT2D eigenvalue weighted by Crippen LogP contribution is 2.22. The topological polar surface area (TPSA) is 90.8 Å². The van der Waals surface area contributed by atoms with Gasteiger partial charge in [0.2, 0.25) is 5.91 Å². The maximum absolute atomic E-state index is 12.5. The van der Waals surface area contributed by atoms with Crippen LogP contribution in [-0.4, -0.2) is 53.0 Å². The first-order valence-electron chi connectivity index (χ1n) is 9.42. The van der Waals surface area contributed by atoms with Gasteiger partial charge < -0.3 is 4.90 Å². The minimum atomic E-state index is -0.137. The summed E-state index contributed by atoms with van der Waals surface area (Å²) in [6.45, 7) is 1.64. The smallest absolute Gasteiger partial charge is 0.341 e. The lowest BCUT2D eigenvalue weighted by molar-refractivity contribution is -0.133. The molecule has 3 aromatic rings. The summed E-state index contributed by atoms with van der Waals surface area (Å²) in [4.78, 5) is 30.7. The van der Waals surface area contributed by atoms with E-state index in [2.05, 4.69) is 15.2 Å². The average molecular weight is 381 g/mol. The molecule has 0 spiro atoms. The van der Waals surface area contributed by atoms with Crippen LogP contribution in [0.25, 0.3) is 5.69 Å². The number of para-hydroxylation sites is 1. The highest BCUT2D eigenvalue weighted by atomic mass is 16.2. The Morgan fingerprint density at radius 2 is 1.93 bits per heavy atom. The predicted molar refractivity (Wildman–Crippen MR) is 102 cm³/mol. The fraction of sp³-hybridized carbons (Fsp3) is 0.421. The van der Waals surface area contributed by atoms with Crippen LogP contribution in [0.15, 0.2) is 47.8 Å². The molecule has 0 N–H and O–H groups in total.